The van der Waals surface area contributed by atoms with Gasteiger partial charge in [0.2, 0.25) is 0 Å². The van der Waals surface area contributed by atoms with Gasteiger partial charge in [-0.15, -0.1) is 11.3 Å². The molecule has 174 valence electrons. The Morgan fingerprint density at radius 1 is 1.12 bits per heavy atom. The summed E-state index contributed by atoms with van der Waals surface area (Å²) in [7, 11) is 2.13. The lowest BCUT2D eigenvalue weighted by molar-refractivity contribution is -0.136. The highest BCUT2D eigenvalue weighted by Crippen LogP contribution is 2.40. The van der Waals surface area contributed by atoms with E-state index < -0.39 is 5.97 Å². The topological polar surface area (TPSA) is 82.5 Å². The van der Waals surface area contributed by atoms with Crippen molar-refractivity contribution in [3.8, 4) is 22.0 Å². The normalized spacial score (nSPS) is 14.6. The number of rotatable bonds is 5. The number of hydrogen-bond acceptors (Lipinski definition) is 7. The molecular weight excluding hydrogens is 470 g/mol. The fourth-order valence-electron chi connectivity index (χ4n) is 4.30. The lowest BCUT2D eigenvalue weighted by atomic mass is 9.93. The summed E-state index contributed by atoms with van der Waals surface area (Å²) >= 11 is 7.61. The molecule has 4 aromatic rings. The standard InChI is InChI=1S/C25H24ClN5O2S/c1-15-13-19-23(22(18(15)14-21(32)33)16-3-5-17(26)6-4-16)34-25(28-19)24-27-8-7-20(29-24)31-11-9-30(2)10-12-31/h3-8,13H,9-12,14H2,1-2H3,(H,32,33). The van der Waals surface area contributed by atoms with E-state index in [0.717, 1.165) is 64.5 Å². The lowest BCUT2D eigenvalue weighted by Gasteiger charge is -2.33. The second-order valence-corrected chi connectivity index (χ2v) is 9.96. The summed E-state index contributed by atoms with van der Waals surface area (Å²) in [6, 6.07) is 11.4. The molecule has 1 aliphatic rings. The molecule has 0 bridgehead atoms. The summed E-state index contributed by atoms with van der Waals surface area (Å²) in [6.45, 7) is 5.77. The number of halogens is 1. The van der Waals surface area contributed by atoms with Gasteiger partial charge in [-0.3, -0.25) is 4.79 Å². The van der Waals surface area contributed by atoms with Crippen molar-refractivity contribution in [3.05, 3.63) is 58.7 Å². The average Bonchev–Trinajstić information content (AvgIpc) is 3.24. The first kappa shape index (κ1) is 22.7. The minimum absolute atomic E-state index is 0.0671. The maximum Gasteiger partial charge on any atom is 0.307 e. The molecule has 1 fully saturated rings. The van der Waals surface area contributed by atoms with Crippen molar-refractivity contribution in [1.29, 1.82) is 0 Å². The number of likely N-dealkylation sites (N-methyl/N-ethyl adjacent to an activating group) is 1. The zero-order chi connectivity index (χ0) is 23.8. The van der Waals surface area contributed by atoms with Crippen LogP contribution in [0.2, 0.25) is 5.02 Å². The summed E-state index contributed by atoms with van der Waals surface area (Å²) in [5.74, 6) is 0.612. The van der Waals surface area contributed by atoms with Crippen molar-refractivity contribution < 1.29 is 9.90 Å². The Hall–Kier alpha value is -3.07. The summed E-state index contributed by atoms with van der Waals surface area (Å²) < 4.78 is 0.924. The predicted molar refractivity (Wildman–Crippen MR) is 137 cm³/mol. The number of aryl methyl sites for hydroxylation is 1. The largest absolute Gasteiger partial charge is 0.481 e. The average molecular weight is 494 g/mol. The van der Waals surface area contributed by atoms with E-state index in [2.05, 4.69) is 21.8 Å². The SMILES string of the molecule is Cc1cc2nc(-c3nccc(N4CCN(C)CC4)n3)sc2c(-c2ccc(Cl)cc2)c1CC(=O)O. The van der Waals surface area contributed by atoms with E-state index in [1.807, 2.05) is 43.3 Å². The van der Waals surface area contributed by atoms with Crippen molar-refractivity contribution in [2.24, 2.45) is 0 Å². The number of benzene rings is 2. The number of aromatic nitrogens is 3. The molecule has 1 aliphatic heterocycles. The molecule has 9 heteroatoms. The van der Waals surface area contributed by atoms with Crippen molar-refractivity contribution in [2.45, 2.75) is 13.3 Å². The molecule has 34 heavy (non-hydrogen) atoms. The van der Waals surface area contributed by atoms with Gasteiger partial charge in [0.15, 0.2) is 10.8 Å². The van der Waals surface area contributed by atoms with Gasteiger partial charge in [0.25, 0.3) is 0 Å². The Kier molecular flexibility index (Phi) is 6.20. The molecule has 2 aromatic heterocycles. The highest BCUT2D eigenvalue weighted by molar-refractivity contribution is 7.22. The number of carbonyl (C=O) groups is 1. The van der Waals surface area contributed by atoms with Crippen LogP contribution in [0.3, 0.4) is 0 Å². The van der Waals surface area contributed by atoms with Gasteiger partial charge in [-0.2, -0.15) is 0 Å². The Morgan fingerprint density at radius 3 is 2.56 bits per heavy atom. The molecule has 0 atom stereocenters. The van der Waals surface area contributed by atoms with Crippen LogP contribution in [0.5, 0.6) is 0 Å². The summed E-state index contributed by atoms with van der Waals surface area (Å²) in [5.41, 5.74) is 4.28. The number of carboxylic acid groups (broad SMARTS) is 1. The minimum atomic E-state index is -0.870. The number of hydrogen-bond donors (Lipinski definition) is 1. The van der Waals surface area contributed by atoms with Crippen LogP contribution in [-0.2, 0) is 11.2 Å². The molecule has 1 N–H and O–H groups in total. The summed E-state index contributed by atoms with van der Waals surface area (Å²) in [5, 5.41) is 10.9. The van der Waals surface area contributed by atoms with Crippen LogP contribution in [0, 0.1) is 6.92 Å². The first-order valence-corrected chi connectivity index (χ1v) is 12.3. The first-order valence-electron chi connectivity index (χ1n) is 11.1. The molecule has 2 aromatic carbocycles. The number of fused-ring (bicyclic) bond motifs is 1. The van der Waals surface area contributed by atoms with Crippen molar-refractivity contribution in [2.75, 3.05) is 38.1 Å². The fraction of sp³-hybridized carbons (Fsp3) is 0.280. The quantitative estimate of drug-likeness (QED) is 0.429. The zero-order valence-corrected chi connectivity index (χ0v) is 20.5. The van der Waals surface area contributed by atoms with E-state index in [1.54, 1.807) is 6.20 Å². The van der Waals surface area contributed by atoms with Gasteiger partial charge < -0.3 is 14.9 Å². The second kappa shape index (κ2) is 9.29. The van der Waals surface area contributed by atoms with Crippen LogP contribution in [0.25, 0.3) is 32.2 Å². The van der Waals surface area contributed by atoms with E-state index in [-0.39, 0.29) is 6.42 Å². The monoisotopic (exact) mass is 493 g/mol. The van der Waals surface area contributed by atoms with Crippen molar-refractivity contribution >= 4 is 44.9 Å². The van der Waals surface area contributed by atoms with Crippen LogP contribution in [0.1, 0.15) is 11.1 Å². The highest BCUT2D eigenvalue weighted by atomic mass is 35.5. The molecule has 0 unspecified atom stereocenters. The Morgan fingerprint density at radius 2 is 1.85 bits per heavy atom. The smallest absolute Gasteiger partial charge is 0.307 e. The fourth-order valence-corrected chi connectivity index (χ4v) is 5.50. The van der Waals surface area contributed by atoms with E-state index in [9.17, 15) is 9.90 Å². The van der Waals surface area contributed by atoms with Gasteiger partial charge in [0.1, 0.15) is 5.82 Å². The Balaban J connectivity index is 1.62. The maximum absolute atomic E-state index is 11.7. The molecular formula is C25H24ClN5O2S. The van der Waals surface area contributed by atoms with E-state index in [1.165, 1.54) is 11.3 Å². The van der Waals surface area contributed by atoms with Crippen LogP contribution in [-0.4, -0.2) is 64.2 Å². The van der Waals surface area contributed by atoms with Gasteiger partial charge in [-0.05, 0) is 54.9 Å². The van der Waals surface area contributed by atoms with Gasteiger partial charge in [-0.1, -0.05) is 23.7 Å². The van der Waals surface area contributed by atoms with Crippen LogP contribution in [0.4, 0.5) is 5.82 Å². The highest BCUT2D eigenvalue weighted by Gasteiger charge is 2.21. The zero-order valence-electron chi connectivity index (χ0n) is 19.0. The van der Waals surface area contributed by atoms with Gasteiger partial charge in [0, 0.05) is 43.0 Å². The van der Waals surface area contributed by atoms with E-state index in [0.29, 0.717) is 15.9 Å². The van der Waals surface area contributed by atoms with Crippen LogP contribution in [0.15, 0.2) is 42.6 Å². The van der Waals surface area contributed by atoms with Gasteiger partial charge in [-0.25, -0.2) is 15.0 Å². The third kappa shape index (κ3) is 4.49. The van der Waals surface area contributed by atoms with Crippen LogP contribution >= 0.6 is 22.9 Å². The number of piperazine rings is 1. The molecule has 0 radical (unpaired) electrons. The number of anilines is 1. The minimum Gasteiger partial charge on any atom is -0.481 e. The third-order valence-corrected chi connectivity index (χ3v) is 7.47. The van der Waals surface area contributed by atoms with Crippen molar-refractivity contribution in [3.63, 3.8) is 0 Å². The van der Waals surface area contributed by atoms with Gasteiger partial charge >= 0.3 is 5.97 Å². The molecule has 7 nitrogen and oxygen atoms in total. The first-order chi connectivity index (χ1) is 16.4. The second-order valence-electron chi connectivity index (χ2n) is 8.52. The number of carboxylic acids is 1. The molecule has 5 rings (SSSR count). The molecule has 0 amide bonds. The number of aliphatic carboxylic acids is 1. The van der Waals surface area contributed by atoms with Crippen LogP contribution < -0.4 is 4.90 Å². The van der Waals surface area contributed by atoms with Gasteiger partial charge in [0.05, 0.1) is 16.6 Å². The van der Waals surface area contributed by atoms with E-state index in [4.69, 9.17) is 21.6 Å². The number of nitrogens with zero attached hydrogens (tertiary/aromatic N) is 5. The number of thiazole rings is 1. The molecule has 0 aliphatic carbocycles. The maximum atomic E-state index is 11.7. The Labute approximate surface area is 206 Å². The third-order valence-electron chi connectivity index (χ3n) is 6.13. The Bertz CT molecular complexity index is 1360. The summed E-state index contributed by atoms with van der Waals surface area (Å²) in [6.07, 6.45) is 1.71. The molecule has 0 spiro atoms. The molecule has 3 heterocycles. The molecule has 0 saturated carbocycles. The van der Waals surface area contributed by atoms with Crippen molar-refractivity contribution in [1.82, 2.24) is 19.9 Å². The molecule has 1 saturated heterocycles. The predicted octanol–water partition coefficient (Wildman–Crippen LogP) is 4.76. The lowest BCUT2D eigenvalue weighted by Crippen LogP contribution is -2.44. The summed E-state index contributed by atoms with van der Waals surface area (Å²) in [4.78, 5) is 30.4. The van der Waals surface area contributed by atoms with E-state index >= 15 is 0 Å².